The highest BCUT2D eigenvalue weighted by Crippen LogP contribution is 2.28. The number of halogens is 2. The van der Waals surface area contributed by atoms with Crippen LogP contribution in [0.25, 0.3) is 0 Å². The molecule has 0 saturated heterocycles. The minimum Gasteiger partial charge on any atom is -0.495 e. The van der Waals surface area contributed by atoms with Crippen molar-refractivity contribution in [3.8, 4) is 5.75 Å². The van der Waals surface area contributed by atoms with E-state index in [0.717, 1.165) is 5.69 Å². The van der Waals surface area contributed by atoms with Crippen molar-refractivity contribution in [3.63, 3.8) is 0 Å². The van der Waals surface area contributed by atoms with E-state index in [0.29, 0.717) is 41.1 Å². The molecule has 2 N–H and O–H groups in total. The van der Waals surface area contributed by atoms with Gasteiger partial charge in [0, 0.05) is 12.2 Å². The number of methoxy groups -OCH3 is 1. The van der Waals surface area contributed by atoms with Crippen molar-refractivity contribution in [2.75, 3.05) is 24.3 Å². The molecule has 1 heterocycles. The first-order valence-electron chi connectivity index (χ1n) is 7.93. The van der Waals surface area contributed by atoms with Crippen molar-refractivity contribution in [1.29, 1.82) is 0 Å². The van der Waals surface area contributed by atoms with Crippen LogP contribution in [0.2, 0.25) is 5.02 Å². The summed E-state index contributed by atoms with van der Waals surface area (Å²) in [6, 6.07) is 12.0. The van der Waals surface area contributed by atoms with Crippen molar-refractivity contribution < 1.29 is 9.13 Å². The van der Waals surface area contributed by atoms with E-state index in [-0.39, 0.29) is 5.82 Å². The van der Waals surface area contributed by atoms with Gasteiger partial charge < -0.3 is 15.4 Å². The van der Waals surface area contributed by atoms with Crippen LogP contribution >= 0.6 is 11.6 Å². The van der Waals surface area contributed by atoms with Crippen LogP contribution in [-0.4, -0.2) is 28.8 Å². The highest BCUT2D eigenvalue weighted by atomic mass is 35.5. The number of benzene rings is 2. The number of ether oxygens (including phenoxy) is 1. The molecule has 1 aromatic heterocycles. The summed E-state index contributed by atoms with van der Waals surface area (Å²) in [7, 11) is 1.56. The fourth-order valence-corrected chi connectivity index (χ4v) is 2.60. The minimum atomic E-state index is -0.222. The van der Waals surface area contributed by atoms with E-state index >= 15 is 0 Å². The molecule has 0 fully saturated rings. The minimum absolute atomic E-state index is 0.222. The van der Waals surface area contributed by atoms with Gasteiger partial charge in [-0.3, -0.25) is 0 Å². The topological polar surface area (TPSA) is 72.0 Å². The maximum absolute atomic E-state index is 13.6. The van der Waals surface area contributed by atoms with Crippen LogP contribution in [0.1, 0.15) is 5.56 Å². The third-order valence-electron chi connectivity index (χ3n) is 3.62. The maximum Gasteiger partial charge on any atom is 0.244 e. The van der Waals surface area contributed by atoms with E-state index in [4.69, 9.17) is 16.3 Å². The Hall–Kier alpha value is -2.93. The van der Waals surface area contributed by atoms with E-state index in [1.807, 2.05) is 6.07 Å². The lowest BCUT2D eigenvalue weighted by Crippen LogP contribution is -2.10. The van der Waals surface area contributed by atoms with Gasteiger partial charge in [0.2, 0.25) is 5.95 Å². The van der Waals surface area contributed by atoms with Crippen molar-refractivity contribution in [3.05, 3.63) is 65.1 Å². The van der Waals surface area contributed by atoms with Crippen molar-refractivity contribution in [2.45, 2.75) is 6.42 Å². The SMILES string of the molecule is COc1ccc(Nc2cnnc(NCCc3ccccc3F)n2)cc1Cl. The summed E-state index contributed by atoms with van der Waals surface area (Å²) >= 11 is 6.11. The van der Waals surface area contributed by atoms with E-state index < -0.39 is 0 Å². The van der Waals surface area contributed by atoms with E-state index in [9.17, 15) is 4.39 Å². The van der Waals surface area contributed by atoms with Crippen molar-refractivity contribution in [1.82, 2.24) is 15.2 Å². The summed E-state index contributed by atoms with van der Waals surface area (Å²) in [5, 5.41) is 14.5. The smallest absolute Gasteiger partial charge is 0.244 e. The highest BCUT2D eigenvalue weighted by Gasteiger charge is 2.05. The van der Waals surface area contributed by atoms with Crippen LogP contribution in [0, 0.1) is 5.82 Å². The quantitative estimate of drug-likeness (QED) is 0.650. The summed E-state index contributed by atoms with van der Waals surface area (Å²) in [5.74, 6) is 1.23. The second-order valence-electron chi connectivity index (χ2n) is 5.41. The highest BCUT2D eigenvalue weighted by molar-refractivity contribution is 6.32. The third-order valence-corrected chi connectivity index (χ3v) is 3.91. The molecule has 0 aliphatic carbocycles. The number of hydrogen-bond acceptors (Lipinski definition) is 6. The molecule has 0 bridgehead atoms. The predicted molar refractivity (Wildman–Crippen MR) is 99.7 cm³/mol. The van der Waals surface area contributed by atoms with E-state index in [1.54, 1.807) is 37.4 Å². The second kappa shape index (κ2) is 8.44. The van der Waals surface area contributed by atoms with Gasteiger partial charge in [0.15, 0.2) is 5.82 Å². The Balaban J connectivity index is 1.61. The van der Waals surface area contributed by atoms with Crippen molar-refractivity contribution in [2.24, 2.45) is 0 Å². The van der Waals surface area contributed by atoms with Crippen molar-refractivity contribution >= 4 is 29.1 Å². The van der Waals surface area contributed by atoms with E-state index in [1.165, 1.54) is 12.3 Å². The fraction of sp³-hybridized carbons (Fsp3) is 0.167. The molecular weight excluding hydrogens is 357 g/mol. The monoisotopic (exact) mass is 373 g/mol. The molecule has 134 valence electrons. The zero-order valence-electron chi connectivity index (χ0n) is 14.0. The Morgan fingerprint density at radius 1 is 1.19 bits per heavy atom. The van der Waals surface area contributed by atoms with Gasteiger partial charge in [0.05, 0.1) is 18.3 Å². The Morgan fingerprint density at radius 2 is 2.04 bits per heavy atom. The molecule has 8 heteroatoms. The molecule has 0 radical (unpaired) electrons. The molecule has 6 nitrogen and oxygen atoms in total. The van der Waals surface area contributed by atoms with Gasteiger partial charge in [-0.2, -0.15) is 10.1 Å². The molecule has 3 aromatic rings. The lowest BCUT2D eigenvalue weighted by atomic mass is 10.1. The summed E-state index contributed by atoms with van der Waals surface area (Å²) in [6.07, 6.45) is 2.02. The number of aromatic nitrogens is 3. The number of anilines is 3. The third kappa shape index (κ3) is 4.58. The standard InChI is InChI=1S/C18H17ClFN5O/c1-26-16-7-6-13(10-14(16)19)23-17-11-22-25-18(24-17)21-9-8-12-4-2-3-5-15(12)20/h2-7,10-11H,8-9H2,1H3,(H2,21,23,24,25). The van der Waals surface area contributed by atoms with Gasteiger partial charge >= 0.3 is 0 Å². The second-order valence-corrected chi connectivity index (χ2v) is 5.81. The number of nitrogens with one attached hydrogen (secondary N) is 2. The molecule has 0 unspecified atom stereocenters. The van der Waals surface area contributed by atoms with E-state index in [2.05, 4.69) is 25.8 Å². The molecule has 0 atom stereocenters. The summed E-state index contributed by atoms with van der Waals surface area (Å²) in [4.78, 5) is 4.33. The molecule has 2 aromatic carbocycles. The van der Waals surface area contributed by atoms with Crippen LogP contribution in [0.4, 0.5) is 21.8 Å². The van der Waals surface area contributed by atoms with Crippen LogP contribution < -0.4 is 15.4 Å². The molecule has 0 spiro atoms. The van der Waals surface area contributed by atoms with Crippen LogP contribution in [0.15, 0.2) is 48.7 Å². The molecule has 0 aliphatic heterocycles. The average molecular weight is 374 g/mol. The number of rotatable bonds is 7. The van der Waals surface area contributed by atoms with Gasteiger partial charge in [-0.25, -0.2) is 4.39 Å². The van der Waals surface area contributed by atoms with Crippen LogP contribution in [0.5, 0.6) is 5.75 Å². The van der Waals surface area contributed by atoms with Gasteiger partial charge in [-0.1, -0.05) is 29.8 Å². The summed E-state index contributed by atoms with van der Waals surface area (Å²) < 4.78 is 18.7. The van der Waals surface area contributed by atoms with Crippen LogP contribution in [0.3, 0.4) is 0 Å². The molecule has 0 saturated carbocycles. The average Bonchev–Trinajstić information content (AvgIpc) is 2.64. The zero-order valence-corrected chi connectivity index (χ0v) is 14.8. The van der Waals surface area contributed by atoms with Gasteiger partial charge in [-0.15, -0.1) is 5.10 Å². The fourth-order valence-electron chi connectivity index (χ4n) is 2.34. The summed E-state index contributed by atoms with van der Waals surface area (Å²) in [6.45, 7) is 0.487. The molecular formula is C18H17ClFN5O. The van der Waals surface area contributed by atoms with Gasteiger partial charge in [0.1, 0.15) is 11.6 Å². The summed E-state index contributed by atoms with van der Waals surface area (Å²) in [5.41, 5.74) is 1.38. The first-order chi connectivity index (χ1) is 12.7. The van der Waals surface area contributed by atoms with Crippen LogP contribution in [-0.2, 0) is 6.42 Å². The normalized spacial score (nSPS) is 10.4. The lowest BCUT2D eigenvalue weighted by Gasteiger charge is -2.09. The van der Waals surface area contributed by atoms with Gasteiger partial charge in [-0.05, 0) is 36.2 Å². The maximum atomic E-state index is 13.6. The number of nitrogens with zero attached hydrogens (tertiary/aromatic N) is 3. The Kier molecular flexibility index (Phi) is 5.80. The lowest BCUT2D eigenvalue weighted by molar-refractivity contribution is 0.415. The first-order valence-corrected chi connectivity index (χ1v) is 8.31. The Labute approximate surface area is 155 Å². The van der Waals surface area contributed by atoms with Gasteiger partial charge in [0.25, 0.3) is 0 Å². The molecule has 26 heavy (non-hydrogen) atoms. The number of hydrogen-bond donors (Lipinski definition) is 2. The Bertz CT molecular complexity index is 893. The first kappa shape index (κ1) is 17.9. The molecule has 0 amide bonds. The molecule has 0 aliphatic rings. The zero-order chi connectivity index (χ0) is 18.4. The largest absolute Gasteiger partial charge is 0.495 e. The Morgan fingerprint density at radius 3 is 2.81 bits per heavy atom. The predicted octanol–water partition coefficient (Wildman–Crippen LogP) is 4.07. The molecule has 3 rings (SSSR count).